The van der Waals surface area contributed by atoms with Crippen LogP contribution in [0.25, 0.3) is 0 Å². The molecule has 1 fully saturated rings. The summed E-state index contributed by atoms with van der Waals surface area (Å²) in [6.45, 7) is 9.58. The second-order valence-corrected chi connectivity index (χ2v) is 7.02. The number of nitrogens with zero attached hydrogens (tertiary/aromatic N) is 3. The summed E-state index contributed by atoms with van der Waals surface area (Å²) in [6, 6.07) is 7.99. The van der Waals surface area contributed by atoms with Crippen LogP contribution in [0.4, 0.5) is 10.5 Å². The van der Waals surface area contributed by atoms with E-state index in [0.29, 0.717) is 18.5 Å². The van der Waals surface area contributed by atoms with Gasteiger partial charge < -0.3 is 20.2 Å². The lowest BCUT2D eigenvalue weighted by Gasteiger charge is -2.35. The minimum atomic E-state index is -0.914. The van der Waals surface area contributed by atoms with E-state index in [4.69, 9.17) is 0 Å². The third-order valence-electron chi connectivity index (χ3n) is 4.32. The normalized spacial score (nSPS) is 15.0. The molecule has 0 aliphatic carbocycles. The Bertz CT molecular complexity index is 625. The molecule has 0 saturated carbocycles. The number of hydrogen-bond acceptors (Lipinski definition) is 4. The van der Waals surface area contributed by atoms with E-state index in [2.05, 4.69) is 16.3 Å². The van der Waals surface area contributed by atoms with Crippen LogP contribution in [0.5, 0.6) is 0 Å². The zero-order valence-corrected chi connectivity index (χ0v) is 14.7. The molecule has 0 aromatic heterocycles. The topological polar surface area (TPSA) is 79.6 Å². The van der Waals surface area contributed by atoms with Crippen LogP contribution in [0, 0.1) is 11.3 Å². The number of para-hydroxylation sites is 1. The Balaban J connectivity index is 2.26. The maximum absolute atomic E-state index is 11.5. The van der Waals surface area contributed by atoms with Crippen LogP contribution in [-0.2, 0) is 6.42 Å². The van der Waals surface area contributed by atoms with Crippen molar-refractivity contribution in [2.75, 3.05) is 37.6 Å². The lowest BCUT2D eigenvalue weighted by atomic mass is 10.0. The van der Waals surface area contributed by atoms with Crippen molar-refractivity contribution in [1.29, 1.82) is 5.26 Å². The molecular weight excluding hydrogens is 304 g/mol. The Hall–Kier alpha value is -2.26. The third-order valence-corrected chi connectivity index (χ3v) is 4.32. The quantitative estimate of drug-likeness (QED) is 0.885. The molecule has 1 aliphatic heterocycles. The first-order valence-corrected chi connectivity index (χ1v) is 8.33. The van der Waals surface area contributed by atoms with Crippen molar-refractivity contribution in [3.8, 4) is 6.07 Å². The van der Waals surface area contributed by atoms with Gasteiger partial charge in [-0.15, -0.1) is 0 Å². The molecule has 1 aliphatic rings. The Kier molecular flexibility index (Phi) is 5.68. The van der Waals surface area contributed by atoms with E-state index in [9.17, 15) is 15.2 Å². The van der Waals surface area contributed by atoms with Gasteiger partial charge in [-0.05, 0) is 38.8 Å². The van der Waals surface area contributed by atoms with Crippen LogP contribution >= 0.6 is 0 Å². The van der Waals surface area contributed by atoms with Gasteiger partial charge in [-0.1, -0.05) is 12.1 Å². The van der Waals surface area contributed by atoms with Crippen LogP contribution in [0.1, 0.15) is 31.9 Å². The van der Waals surface area contributed by atoms with E-state index in [-0.39, 0.29) is 0 Å². The van der Waals surface area contributed by atoms with E-state index < -0.39 is 11.6 Å². The number of piperazine rings is 1. The second kappa shape index (κ2) is 7.54. The monoisotopic (exact) mass is 330 g/mol. The summed E-state index contributed by atoms with van der Waals surface area (Å²) in [5.74, 6) is 0. The fraction of sp³-hybridized carbons (Fsp3) is 0.556. The molecule has 1 aromatic rings. The molecule has 1 amide bonds. The predicted molar refractivity (Wildman–Crippen MR) is 94.4 cm³/mol. The summed E-state index contributed by atoms with van der Waals surface area (Å²) in [4.78, 5) is 15.2. The molecule has 0 radical (unpaired) electrons. The van der Waals surface area contributed by atoms with E-state index >= 15 is 0 Å². The molecule has 0 atom stereocenters. The van der Waals surface area contributed by atoms with E-state index in [1.165, 1.54) is 4.90 Å². The van der Waals surface area contributed by atoms with Crippen molar-refractivity contribution in [3.63, 3.8) is 0 Å². The Morgan fingerprint density at radius 1 is 1.38 bits per heavy atom. The van der Waals surface area contributed by atoms with Crippen LogP contribution < -0.4 is 10.2 Å². The van der Waals surface area contributed by atoms with Crippen LogP contribution in [0.15, 0.2) is 18.2 Å². The molecule has 2 N–H and O–H groups in total. The van der Waals surface area contributed by atoms with Crippen molar-refractivity contribution in [2.24, 2.45) is 0 Å². The van der Waals surface area contributed by atoms with Gasteiger partial charge in [0, 0.05) is 38.3 Å². The summed E-state index contributed by atoms with van der Waals surface area (Å²) < 4.78 is 0. The molecular formula is C18H26N4O2. The Labute approximate surface area is 143 Å². The zero-order valence-electron chi connectivity index (χ0n) is 14.7. The van der Waals surface area contributed by atoms with E-state index in [1.807, 2.05) is 39.0 Å². The second-order valence-electron chi connectivity index (χ2n) is 7.02. The van der Waals surface area contributed by atoms with Crippen LogP contribution in [-0.4, -0.2) is 54.4 Å². The highest BCUT2D eigenvalue weighted by Crippen LogP contribution is 2.27. The average molecular weight is 330 g/mol. The molecule has 1 saturated heterocycles. The summed E-state index contributed by atoms with van der Waals surface area (Å²) >= 11 is 0. The molecule has 1 heterocycles. The highest BCUT2D eigenvalue weighted by Gasteiger charge is 2.26. The van der Waals surface area contributed by atoms with Gasteiger partial charge in [0.05, 0.1) is 11.3 Å². The van der Waals surface area contributed by atoms with Crippen LogP contribution in [0.3, 0.4) is 0 Å². The average Bonchev–Trinajstić information content (AvgIpc) is 2.54. The van der Waals surface area contributed by atoms with Gasteiger partial charge in [0.15, 0.2) is 0 Å². The summed E-state index contributed by atoms with van der Waals surface area (Å²) in [5.41, 5.74) is 2.20. The number of carboxylic acid groups (broad SMARTS) is 1. The van der Waals surface area contributed by atoms with Crippen molar-refractivity contribution in [3.05, 3.63) is 29.3 Å². The number of rotatable bonds is 4. The maximum atomic E-state index is 11.5. The zero-order chi connectivity index (χ0) is 17.7. The fourth-order valence-corrected chi connectivity index (χ4v) is 3.10. The van der Waals surface area contributed by atoms with Crippen molar-refractivity contribution < 1.29 is 9.90 Å². The van der Waals surface area contributed by atoms with Crippen molar-refractivity contribution in [1.82, 2.24) is 10.2 Å². The minimum Gasteiger partial charge on any atom is -0.465 e. The molecule has 24 heavy (non-hydrogen) atoms. The van der Waals surface area contributed by atoms with Gasteiger partial charge in [-0.2, -0.15) is 5.26 Å². The number of anilines is 1. The molecule has 1 aromatic carbocycles. The lowest BCUT2D eigenvalue weighted by molar-refractivity contribution is 0.101. The number of amides is 1. The Morgan fingerprint density at radius 2 is 2.04 bits per heavy atom. The Morgan fingerprint density at radius 3 is 2.58 bits per heavy atom. The molecule has 0 unspecified atom stereocenters. The number of nitriles is 1. The largest absolute Gasteiger partial charge is 0.465 e. The molecule has 6 nitrogen and oxygen atoms in total. The smallest absolute Gasteiger partial charge is 0.407 e. The summed E-state index contributed by atoms with van der Waals surface area (Å²) in [6.07, 6.45) is -0.319. The van der Waals surface area contributed by atoms with Gasteiger partial charge in [0.2, 0.25) is 0 Å². The fourth-order valence-electron chi connectivity index (χ4n) is 3.10. The maximum Gasteiger partial charge on any atom is 0.407 e. The van der Waals surface area contributed by atoms with Gasteiger partial charge in [-0.25, -0.2) is 4.79 Å². The first-order chi connectivity index (χ1) is 11.3. The first kappa shape index (κ1) is 18.1. The van der Waals surface area contributed by atoms with E-state index in [0.717, 1.165) is 37.4 Å². The summed E-state index contributed by atoms with van der Waals surface area (Å²) in [7, 11) is 0. The highest BCUT2D eigenvalue weighted by atomic mass is 16.4. The van der Waals surface area contributed by atoms with Gasteiger partial charge in [0.1, 0.15) is 6.07 Å². The van der Waals surface area contributed by atoms with Gasteiger partial charge in [0.25, 0.3) is 0 Å². The molecule has 130 valence electrons. The standard InChI is InChI=1S/C18H26N4O2/c1-18(2,3)22(17(23)24)10-7-14-5-4-6-15(13-19)16(14)21-11-8-20-9-12-21/h4-6,20H,7-12H2,1-3H3,(H,23,24). The highest BCUT2D eigenvalue weighted by molar-refractivity contribution is 5.67. The number of carbonyl (C=O) groups is 1. The summed E-state index contributed by atoms with van der Waals surface area (Å²) in [5, 5.41) is 22.2. The first-order valence-electron chi connectivity index (χ1n) is 8.33. The number of nitrogens with one attached hydrogen (secondary N) is 1. The lowest BCUT2D eigenvalue weighted by Crippen LogP contribution is -2.46. The number of benzene rings is 1. The van der Waals surface area contributed by atoms with Gasteiger partial charge >= 0.3 is 6.09 Å². The van der Waals surface area contributed by atoms with E-state index in [1.54, 1.807) is 0 Å². The number of hydrogen-bond donors (Lipinski definition) is 2. The minimum absolute atomic E-state index is 0.410. The van der Waals surface area contributed by atoms with Crippen LogP contribution in [0.2, 0.25) is 0 Å². The molecule has 2 rings (SSSR count). The SMILES string of the molecule is CC(C)(C)N(CCc1cccc(C#N)c1N1CCNCC1)C(=O)O. The molecule has 0 spiro atoms. The third kappa shape index (κ3) is 4.18. The van der Waals surface area contributed by atoms with Crippen molar-refractivity contribution in [2.45, 2.75) is 32.7 Å². The van der Waals surface area contributed by atoms with Gasteiger partial charge in [-0.3, -0.25) is 0 Å². The molecule has 0 bridgehead atoms. The van der Waals surface area contributed by atoms with Crippen molar-refractivity contribution >= 4 is 11.8 Å². The predicted octanol–water partition coefficient (Wildman–Crippen LogP) is 2.29. The molecule has 6 heteroatoms.